The van der Waals surface area contributed by atoms with Crippen LogP contribution in [0.2, 0.25) is 0 Å². The summed E-state index contributed by atoms with van der Waals surface area (Å²) in [7, 11) is 3.57. The molecule has 0 aliphatic heterocycles. The molecule has 7 nitrogen and oxygen atoms in total. The van der Waals surface area contributed by atoms with Crippen molar-refractivity contribution in [3.8, 4) is 0 Å². The molecule has 0 unspecified atom stereocenters. The van der Waals surface area contributed by atoms with Crippen molar-refractivity contribution >= 4 is 17.3 Å². The largest absolute Gasteiger partial charge is 0.383 e. The number of nitrogens with zero attached hydrogens (tertiary/aromatic N) is 2. The first-order valence-electron chi connectivity index (χ1n) is 6.81. The molecule has 1 rings (SSSR count). The molecule has 0 aliphatic carbocycles. The summed E-state index contributed by atoms with van der Waals surface area (Å²) in [4.78, 5) is 24.5. The van der Waals surface area contributed by atoms with Crippen LogP contribution in [0.25, 0.3) is 0 Å². The van der Waals surface area contributed by atoms with Crippen molar-refractivity contribution in [3.05, 3.63) is 33.9 Å². The third kappa shape index (κ3) is 4.71. The monoisotopic (exact) mass is 294 g/mol. The van der Waals surface area contributed by atoms with Crippen LogP contribution in [0.5, 0.6) is 0 Å². The molecular weight excluding hydrogens is 272 g/mol. The lowest BCUT2D eigenvalue weighted by molar-refractivity contribution is -0.383. The lowest BCUT2D eigenvalue weighted by atomic mass is 10.1. The average Bonchev–Trinajstić information content (AvgIpc) is 2.45. The van der Waals surface area contributed by atoms with E-state index in [-0.39, 0.29) is 11.6 Å². The van der Waals surface area contributed by atoms with Crippen LogP contribution in [0, 0.1) is 10.1 Å². The minimum atomic E-state index is -0.481. The Balaban J connectivity index is 2.69. The summed E-state index contributed by atoms with van der Waals surface area (Å²) >= 11 is 0. The van der Waals surface area contributed by atoms with Gasteiger partial charge in [-0.25, -0.2) is 0 Å². The smallest absolute Gasteiger partial charge is 0.292 e. The van der Waals surface area contributed by atoms with E-state index >= 15 is 0 Å². The molecule has 0 aromatic heterocycles. The van der Waals surface area contributed by atoms with Crippen molar-refractivity contribution in [2.45, 2.75) is 19.9 Å². The zero-order valence-electron chi connectivity index (χ0n) is 12.8. The summed E-state index contributed by atoms with van der Waals surface area (Å²) < 4.78 is 0. The molecule has 2 N–H and O–H groups in total. The van der Waals surface area contributed by atoms with E-state index in [1.165, 1.54) is 18.2 Å². The highest BCUT2D eigenvalue weighted by Gasteiger charge is 2.15. The molecule has 1 amide bonds. The van der Waals surface area contributed by atoms with Crippen LogP contribution >= 0.6 is 0 Å². The molecule has 116 valence electrons. The number of nitrogens with one attached hydrogen (secondary N) is 2. The van der Waals surface area contributed by atoms with E-state index in [1.807, 2.05) is 7.05 Å². The second kappa shape index (κ2) is 7.58. The molecule has 1 aromatic carbocycles. The summed E-state index contributed by atoms with van der Waals surface area (Å²) in [5.41, 5.74) is 0.678. The van der Waals surface area contributed by atoms with Crippen molar-refractivity contribution in [3.63, 3.8) is 0 Å². The molecule has 0 radical (unpaired) electrons. The number of benzene rings is 1. The maximum atomic E-state index is 12.0. The highest BCUT2D eigenvalue weighted by Crippen LogP contribution is 2.24. The summed E-state index contributed by atoms with van der Waals surface area (Å²) in [5.74, 6) is -0.237. The molecule has 0 fully saturated rings. The van der Waals surface area contributed by atoms with Gasteiger partial charge in [0.25, 0.3) is 11.6 Å². The van der Waals surface area contributed by atoms with Gasteiger partial charge in [0.15, 0.2) is 0 Å². The van der Waals surface area contributed by atoms with Crippen LogP contribution in [-0.2, 0) is 0 Å². The van der Waals surface area contributed by atoms with Gasteiger partial charge in [0.05, 0.1) is 4.92 Å². The number of anilines is 1. The Morgan fingerprint density at radius 3 is 2.62 bits per heavy atom. The molecule has 0 aliphatic rings. The number of amides is 1. The van der Waals surface area contributed by atoms with E-state index in [4.69, 9.17) is 0 Å². The predicted molar refractivity (Wildman–Crippen MR) is 82.7 cm³/mol. The average molecular weight is 294 g/mol. The van der Waals surface area contributed by atoms with Gasteiger partial charge in [-0.05, 0) is 33.0 Å². The van der Waals surface area contributed by atoms with Crippen LogP contribution in [0.4, 0.5) is 11.4 Å². The van der Waals surface area contributed by atoms with Gasteiger partial charge in [0.1, 0.15) is 5.69 Å². The maximum Gasteiger partial charge on any atom is 0.292 e. The number of hydrogen-bond acceptors (Lipinski definition) is 5. The zero-order chi connectivity index (χ0) is 16.0. The quantitative estimate of drug-likeness (QED) is 0.590. The van der Waals surface area contributed by atoms with Crippen LogP contribution < -0.4 is 10.6 Å². The SMILES string of the molecule is CNc1cc(C(=O)NCCN(C)C(C)C)ccc1[N+](=O)[O-]. The van der Waals surface area contributed by atoms with Gasteiger partial charge in [0, 0.05) is 37.8 Å². The van der Waals surface area contributed by atoms with E-state index in [0.29, 0.717) is 23.8 Å². The molecule has 0 spiro atoms. The Morgan fingerprint density at radius 2 is 2.10 bits per heavy atom. The number of likely N-dealkylation sites (N-methyl/N-ethyl adjacent to an activating group) is 1. The molecule has 0 heterocycles. The molecule has 1 aromatic rings. The zero-order valence-corrected chi connectivity index (χ0v) is 12.8. The maximum absolute atomic E-state index is 12.0. The first kappa shape index (κ1) is 16.9. The standard InChI is InChI=1S/C14H22N4O3/c1-10(2)17(4)8-7-16-14(19)11-5-6-13(18(20)21)12(9-11)15-3/h5-6,9-10,15H,7-8H2,1-4H3,(H,16,19). The number of carbonyl (C=O) groups is 1. The molecule has 0 saturated heterocycles. The molecule has 21 heavy (non-hydrogen) atoms. The van der Waals surface area contributed by atoms with E-state index in [0.717, 1.165) is 6.54 Å². The van der Waals surface area contributed by atoms with Gasteiger partial charge in [-0.2, -0.15) is 0 Å². The fraction of sp³-hybridized carbons (Fsp3) is 0.500. The van der Waals surface area contributed by atoms with Crippen LogP contribution in [0.3, 0.4) is 0 Å². The van der Waals surface area contributed by atoms with Crippen molar-refractivity contribution in [1.82, 2.24) is 10.2 Å². The first-order valence-corrected chi connectivity index (χ1v) is 6.81. The van der Waals surface area contributed by atoms with E-state index in [1.54, 1.807) is 7.05 Å². The fourth-order valence-corrected chi connectivity index (χ4v) is 1.74. The summed E-state index contributed by atoms with van der Waals surface area (Å²) in [6, 6.07) is 4.69. The van der Waals surface area contributed by atoms with Gasteiger partial charge >= 0.3 is 0 Å². The minimum Gasteiger partial charge on any atom is -0.383 e. The Morgan fingerprint density at radius 1 is 1.43 bits per heavy atom. The van der Waals surface area contributed by atoms with E-state index in [9.17, 15) is 14.9 Å². The lowest BCUT2D eigenvalue weighted by Crippen LogP contribution is -2.36. The summed E-state index contributed by atoms with van der Waals surface area (Å²) in [6.45, 7) is 5.43. The predicted octanol–water partition coefficient (Wildman–Crippen LogP) is 1.71. The Kier molecular flexibility index (Phi) is 6.10. The van der Waals surface area contributed by atoms with Crippen molar-refractivity contribution in [2.24, 2.45) is 0 Å². The van der Waals surface area contributed by atoms with Crippen molar-refractivity contribution in [2.75, 3.05) is 32.5 Å². The Bertz CT molecular complexity index is 517. The van der Waals surface area contributed by atoms with Crippen molar-refractivity contribution in [1.29, 1.82) is 0 Å². The number of nitro benzene ring substituents is 1. The molecule has 0 bridgehead atoms. The molecule has 7 heteroatoms. The summed E-state index contributed by atoms with van der Waals surface area (Å²) in [5, 5.41) is 16.4. The van der Waals surface area contributed by atoms with E-state index in [2.05, 4.69) is 29.4 Å². The third-order valence-electron chi connectivity index (χ3n) is 3.36. The topological polar surface area (TPSA) is 87.5 Å². The minimum absolute atomic E-state index is 0.0476. The van der Waals surface area contributed by atoms with E-state index < -0.39 is 4.92 Å². The van der Waals surface area contributed by atoms with Crippen LogP contribution in [0.15, 0.2) is 18.2 Å². The van der Waals surface area contributed by atoms with Crippen molar-refractivity contribution < 1.29 is 9.72 Å². The summed E-state index contributed by atoms with van der Waals surface area (Å²) in [6.07, 6.45) is 0. The first-order chi connectivity index (χ1) is 9.86. The highest BCUT2D eigenvalue weighted by molar-refractivity contribution is 5.95. The van der Waals surface area contributed by atoms with Gasteiger partial charge < -0.3 is 15.5 Å². The van der Waals surface area contributed by atoms with Gasteiger partial charge in [-0.15, -0.1) is 0 Å². The van der Waals surface area contributed by atoms with Gasteiger partial charge in [-0.3, -0.25) is 14.9 Å². The fourth-order valence-electron chi connectivity index (χ4n) is 1.74. The second-order valence-electron chi connectivity index (χ2n) is 5.07. The van der Waals surface area contributed by atoms with Gasteiger partial charge in [-0.1, -0.05) is 0 Å². The normalized spacial score (nSPS) is 10.8. The molecule has 0 atom stereocenters. The number of carbonyl (C=O) groups excluding carboxylic acids is 1. The Labute approximate surface area is 124 Å². The highest BCUT2D eigenvalue weighted by atomic mass is 16.6. The van der Waals surface area contributed by atoms with Crippen LogP contribution in [-0.4, -0.2) is 49.0 Å². The number of hydrogen-bond donors (Lipinski definition) is 2. The number of nitro groups is 1. The Hall–Kier alpha value is -2.15. The van der Waals surface area contributed by atoms with Crippen LogP contribution in [0.1, 0.15) is 24.2 Å². The lowest BCUT2D eigenvalue weighted by Gasteiger charge is -2.20. The second-order valence-corrected chi connectivity index (χ2v) is 5.07. The molecule has 0 saturated carbocycles. The third-order valence-corrected chi connectivity index (χ3v) is 3.36. The van der Waals surface area contributed by atoms with Gasteiger partial charge in [0.2, 0.25) is 0 Å². The molecular formula is C14H22N4O3. The number of rotatable bonds is 7.